The molecular formula is C19H14IN3O6. The van der Waals surface area contributed by atoms with Crippen molar-refractivity contribution < 1.29 is 29.0 Å². The highest BCUT2D eigenvalue weighted by Gasteiger charge is 2.24. The summed E-state index contributed by atoms with van der Waals surface area (Å²) in [5.41, 5.74) is 1.62. The van der Waals surface area contributed by atoms with E-state index in [2.05, 4.69) is 16.0 Å². The smallest absolute Gasteiger partial charge is 0.335 e. The maximum Gasteiger partial charge on any atom is 0.335 e. The molecule has 3 amide bonds. The van der Waals surface area contributed by atoms with Crippen LogP contribution in [0.3, 0.4) is 0 Å². The Labute approximate surface area is 174 Å². The monoisotopic (exact) mass is 507 g/mol. The number of benzene rings is 2. The van der Waals surface area contributed by atoms with Crippen LogP contribution in [0.5, 0.6) is 5.75 Å². The lowest BCUT2D eigenvalue weighted by Gasteiger charge is -2.19. The van der Waals surface area contributed by atoms with Crippen molar-refractivity contribution >= 4 is 53.7 Å². The third kappa shape index (κ3) is 3.97. The Morgan fingerprint density at radius 3 is 2.76 bits per heavy atom. The number of halogens is 1. The van der Waals surface area contributed by atoms with Crippen LogP contribution in [0.1, 0.15) is 26.3 Å². The largest absolute Gasteiger partial charge is 0.482 e. The molecule has 2 aliphatic heterocycles. The zero-order chi connectivity index (χ0) is 20.5. The molecule has 2 aromatic carbocycles. The lowest BCUT2D eigenvalue weighted by molar-refractivity contribution is -0.118. The van der Waals surface area contributed by atoms with Gasteiger partial charge in [-0.3, -0.25) is 14.4 Å². The van der Waals surface area contributed by atoms with Gasteiger partial charge in [0.25, 0.3) is 17.7 Å². The molecule has 10 heteroatoms. The van der Waals surface area contributed by atoms with E-state index in [4.69, 9.17) is 9.84 Å². The number of carboxylic acids is 1. The first-order chi connectivity index (χ1) is 13.9. The number of carbonyl (C=O) groups excluding carboxylic acids is 3. The molecule has 2 heterocycles. The van der Waals surface area contributed by atoms with Crippen LogP contribution in [0.4, 0.5) is 5.69 Å². The molecule has 2 aliphatic rings. The fourth-order valence-corrected chi connectivity index (χ4v) is 5.25. The van der Waals surface area contributed by atoms with Gasteiger partial charge >= 0.3 is 5.97 Å². The molecular weight excluding hydrogens is 493 g/mol. The molecule has 4 N–H and O–H groups in total. The highest BCUT2D eigenvalue weighted by atomic mass is 127. The van der Waals surface area contributed by atoms with Crippen molar-refractivity contribution in [2.75, 3.05) is 11.9 Å². The van der Waals surface area contributed by atoms with Gasteiger partial charge in [0.05, 0.1) is 16.8 Å². The van der Waals surface area contributed by atoms with E-state index in [1.54, 1.807) is 24.3 Å². The van der Waals surface area contributed by atoms with Crippen LogP contribution < -0.4 is 20.7 Å². The highest BCUT2D eigenvalue weighted by molar-refractivity contribution is 14.2. The van der Waals surface area contributed by atoms with Crippen molar-refractivity contribution in [2.24, 2.45) is 0 Å². The van der Waals surface area contributed by atoms with Crippen molar-refractivity contribution in [1.82, 2.24) is 10.6 Å². The number of nitrogens with one attached hydrogen (secondary N) is 3. The molecule has 4 rings (SSSR count). The zero-order valence-corrected chi connectivity index (χ0v) is 16.9. The van der Waals surface area contributed by atoms with Gasteiger partial charge in [0.15, 0.2) is 6.61 Å². The van der Waals surface area contributed by atoms with Gasteiger partial charge in [0, 0.05) is 10.1 Å². The minimum absolute atomic E-state index is 0.0271. The van der Waals surface area contributed by atoms with Crippen molar-refractivity contribution in [3.8, 4) is 5.75 Å². The lowest BCUT2D eigenvalue weighted by atomic mass is 10.1. The van der Waals surface area contributed by atoms with Gasteiger partial charge in [-0.1, -0.05) is 26.8 Å². The Bertz CT molecular complexity index is 1110. The molecule has 148 valence electrons. The standard InChI is InChI=1S/C19H14IN3O6/c24-15-8-29-14-4-1-9(5-13(14)22-15)7-21-18(26)16-20-12-3-2-10(19(27)28)6-11(12)17(25)23-16/h1-6H,7-8H2,(H,21,26)(H,22,24)(H,23,25)(H,27,28). The van der Waals surface area contributed by atoms with Gasteiger partial charge in [-0.2, -0.15) is 0 Å². The number of rotatable bonds is 4. The molecule has 2 aromatic rings. The van der Waals surface area contributed by atoms with Gasteiger partial charge in [0.1, 0.15) is 9.38 Å². The lowest BCUT2D eigenvalue weighted by Crippen LogP contribution is -2.43. The maximum absolute atomic E-state index is 12.5. The molecule has 0 unspecified atom stereocenters. The van der Waals surface area contributed by atoms with Crippen LogP contribution in [0, 0.1) is 3.57 Å². The van der Waals surface area contributed by atoms with E-state index < -0.39 is 38.5 Å². The number of amides is 3. The molecule has 0 saturated carbocycles. The van der Waals surface area contributed by atoms with Gasteiger partial charge in [0.2, 0.25) is 0 Å². The number of hydrogen-bond acceptors (Lipinski definition) is 5. The van der Waals surface area contributed by atoms with Crippen LogP contribution in [0.25, 0.3) is 0 Å². The summed E-state index contributed by atoms with van der Waals surface area (Å²) in [5.74, 6) is -1.67. The first-order valence-electron chi connectivity index (χ1n) is 8.45. The number of anilines is 1. The van der Waals surface area contributed by atoms with E-state index in [1.807, 2.05) is 0 Å². The quantitative estimate of drug-likeness (QED) is 0.458. The van der Waals surface area contributed by atoms with Crippen LogP contribution in [-0.4, -0.2) is 39.0 Å². The average molecular weight is 507 g/mol. The van der Waals surface area contributed by atoms with Crippen LogP contribution in [0.2, 0.25) is 0 Å². The first-order valence-corrected chi connectivity index (χ1v) is 10.6. The zero-order valence-electron chi connectivity index (χ0n) is 14.7. The Morgan fingerprint density at radius 1 is 1.14 bits per heavy atom. The maximum atomic E-state index is 12.5. The number of ether oxygens (including phenoxy) is 1. The summed E-state index contributed by atoms with van der Waals surface area (Å²) < 4.78 is 6.28. The Kier molecular flexibility index (Phi) is 5.01. The number of carboxylic acid groups (broad SMARTS) is 1. The number of fused-ring (bicyclic) bond motifs is 2. The molecule has 29 heavy (non-hydrogen) atoms. The second-order valence-corrected chi connectivity index (χ2v) is 8.99. The number of aromatic carboxylic acids is 1. The fourth-order valence-electron chi connectivity index (χ4n) is 2.81. The van der Waals surface area contributed by atoms with Gasteiger partial charge in [-0.05, 0) is 35.9 Å². The SMILES string of the molecule is O=C1COc2ccc(CNC(=O)C3=Ic4ccc(C(=O)O)cc4C(=O)N3)cc2N1. The van der Waals surface area contributed by atoms with E-state index in [1.165, 1.54) is 12.1 Å². The molecule has 0 bridgehead atoms. The molecule has 0 radical (unpaired) electrons. The van der Waals surface area contributed by atoms with E-state index in [0.29, 0.717) is 24.2 Å². The van der Waals surface area contributed by atoms with E-state index in [9.17, 15) is 19.2 Å². The summed E-state index contributed by atoms with van der Waals surface area (Å²) in [6, 6.07) is 9.55. The predicted molar refractivity (Wildman–Crippen MR) is 111 cm³/mol. The Morgan fingerprint density at radius 2 is 1.97 bits per heavy atom. The summed E-state index contributed by atoms with van der Waals surface area (Å²) in [4.78, 5) is 47.3. The Hall–Kier alpha value is -3.28. The van der Waals surface area contributed by atoms with Crippen molar-refractivity contribution in [3.05, 3.63) is 56.7 Å². The Balaban J connectivity index is 1.48. The number of hydrogen-bond donors (Lipinski definition) is 4. The minimum atomic E-state index is -1.11. The molecule has 0 aromatic heterocycles. The molecule has 0 fully saturated rings. The van der Waals surface area contributed by atoms with Crippen molar-refractivity contribution in [3.63, 3.8) is 0 Å². The average Bonchev–Trinajstić information content (AvgIpc) is 2.71. The summed E-state index contributed by atoms with van der Waals surface area (Å²) in [7, 11) is 0. The second-order valence-electron chi connectivity index (χ2n) is 6.21. The molecule has 0 saturated heterocycles. The van der Waals surface area contributed by atoms with E-state index in [-0.39, 0.29) is 24.6 Å². The minimum Gasteiger partial charge on any atom is -0.482 e. The number of carbonyl (C=O) groups is 4. The van der Waals surface area contributed by atoms with Crippen molar-refractivity contribution in [2.45, 2.75) is 6.54 Å². The summed E-state index contributed by atoms with van der Waals surface area (Å²) >= 11 is -0.965. The predicted octanol–water partition coefficient (Wildman–Crippen LogP) is 1.05. The van der Waals surface area contributed by atoms with Gasteiger partial charge < -0.3 is 25.8 Å². The topological polar surface area (TPSA) is 134 Å². The molecule has 0 spiro atoms. The van der Waals surface area contributed by atoms with Gasteiger partial charge in [-0.25, -0.2) is 4.79 Å². The normalized spacial score (nSPS) is 14.7. The van der Waals surface area contributed by atoms with Crippen LogP contribution in [0.15, 0.2) is 36.4 Å². The summed E-state index contributed by atoms with van der Waals surface area (Å²) in [6.07, 6.45) is 0. The van der Waals surface area contributed by atoms with E-state index >= 15 is 0 Å². The van der Waals surface area contributed by atoms with Crippen molar-refractivity contribution in [1.29, 1.82) is 0 Å². The van der Waals surface area contributed by atoms with Crippen LogP contribution >= 0.6 is 20.7 Å². The molecule has 9 nitrogen and oxygen atoms in total. The second kappa shape index (κ2) is 7.62. The summed E-state index contributed by atoms with van der Waals surface area (Å²) in [6.45, 7) is 0.177. The first kappa shape index (κ1) is 19.1. The fraction of sp³-hybridized carbons (Fsp3) is 0.105. The molecule has 0 atom stereocenters. The van der Waals surface area contributed by atoms with Crippen LogP contribution in [-0.2, 0) is 16.1 Å². The third-order valence-corrected chi connectivity index (χ3v) is 7.03. The molecule has 0 aliphatic carbocycles. The third-order valence-electron chi connectivity index (χ3n) is 4.21. The van der Waals surface area contributed by atoms with Gasteiger partial charge in [-0.15, -0.1) is 0 Å². The highest BCUT2D eigenvalue weighted by Crippen LogP contribution is 2.28. The van der Waals surface area contributed by atoms with E-state index in [0.717, 1.165) is 5.56 Å². The summed E-state index contributed by atoms with van der Waals surface area (Å²) in [5, 5.41) is 17.1.